The molecule has 1 heterocycles. The molecule has 1 saturated heterocycles. The fraction of sp³-hybridized carbons (Fsp3) is 0.310. The number of para-hydroxylation sites is 2. The third kappa shape index (κ3) is 7.01. The van der Waals surface area contributed by atoms with Crippen LogP contribution in [0.2, 0.25) is 0 Å². The number of likely N-dealkylation sites (tertiary alicyclic amines) is 1. The molecule has 4 rings (SSSR count). The monoisotopic (exact) mass is 502 g/mol. The molecular weight excluding hydrogens is 468 g/mol. The number of methoxy groups -OCH3 is 1. The molecule has 1 fully saturated rings. The molecule has 1 aliphatic heterocycles. The van der Waals surface area contributed by atoms with Crippen LogP contribution >= 0.6 is 0 Å². The summed E-state index contributed by atoms with van der Waals surface area (Å²) in [6.07, 6.45) is 2.42. The summed E-state index contributed by atoms with van der Waals surface area (Å²) in [6, 6.07) is 17.5. The number of aryl methyl sites for hydroxylation is 2. The lowest BCUT2D eigenvalue weighted by molar-refractivity contribution is 0.0949. The number of nitrogens with one attached hydrogen (secondary N) is 3. The van der Waals surface area contributed by atoms with Gasteiger partial charge in [-0.1, -0.05) is 18.2 Å². The van der Waals surface area contributed by atoms with Crippen molar-refractivity contribution in [3.8, 4) is 17.2 Å². The van der Waals surface area contributed by atoms with Crippen molar-refractivity contribution in [2.45, 2.75) is 26.7 Å². The summed E-state index contributed by atoms with van der Waals surface area (Å²) in [4.78, 5) is 28.1. The van der Waals surface area contributed by atoms with Gasteiger partial charge < -0.3 is 30.3 Å². The molecular formula is C29H34N4O4. The van der Waals surface area contributed by atoms with E-state index in [2.05, 4.69) is 20.9 Å². The molecule has 37 heavy (non-hydrogen) atoms. The van der Waals surface area contributed by atoms with Crippen molar-refractivity contribution in [3.63, 3.8) is 0 Å². The number of hydrogen-bond acceptors (Lipinski definition) is 5. The minimum Gasteiger partial charge on any atom is -0.495 e. The first kappa shape index (κ1) is 26.0. The molecule has 8 heteroatoms. The lowest BCUT2D eigenvalue weighted by Crippen LogP contribution is -2.33. The summed E-state index contributed by atoms with van der Waals surface area (Å²) < 4.78 is 11.4. The molecule has 1 aliphatic rings. The summed E-state index contributed by atoms with van der Waals surface area (Å²) in [5.41, 5.74) is 3.58. The largest absolute Gasteiger partial charge is 0.495 e. The molecule has 3 aromatic rings. The van der Waals surface area contributed by atoms with Gasteiger partial charge in [0.2, 0.25) is 0 Å². The van der Waals surface area contributed by atoms with Gasteiger partial charge in [0.1, 0.15) is 11.5 Å². The zero-order chi connectivity index (χ0) is 26.2. The highest BCUT2D eigenvalue weighted by Crippen LogP contribution is 2.32. The molecule has 3 aromatic carbocycles. The Balaban J connectivity index is 1.52. The fourth-order valence-corrected chi connectivity index (χ4v) is 4.22. The molecule has 0 radical (unpaired) electrons. The number of amides is 3. The molecule has 8 nitrogen and oxygen atoms in total. The Kier molecular flexibility index (Phi) is 8.64. The molecule has 0 bridgehead atoms. The van der Waals surface area contributed by atoms with Gasteiger partial charge in [-0.2, -0.15) is 0 Å². The highest BCUT2D eigenvalue weighted by Gasteiger charge is 2.16. The van der Waals surface area contributed by atoms with E-state index in [-0.39, 0.29) is 5.91 Å². The SMILES string of the molecule is COc1ccccc1NC(=O)Nc1cc(C(=O)NCCN2CCCC2)ccc1Oc1ccc(C)c(C)c1. The number of carbonyl (C=O) groups is 2. The smallest absolute Gasteiger partial charge is 0.323 e. The van der Waals surface area contributed by atoms with E-state index in [1.54, 1.807) is 43.5 Å². The van der Waals surface area contributed by atoms with Gasteiger partial charge in [0.15, 0.2) is 5.75 Å². The topological polar surface area (TPSA) is 91.9 Å². The summed E-state index contributed by atoms with van der Waals surface area (Å²) in [6.45, 7) is 7.59. The summed E-state index contributed by atoms with van der Waals surface area (Å²) in [5.74, 6) is 1.40. The average Bonchev–Trinajstić information content (AvgIpc) is 3.41. The first-order valence-electron chi connectivity index (χ1n) is 12.5. The highest BCUT2D eigenvalue weighted by atomic mass is 16.5. The third-order valence-electron chi connectivity index (χ3n) is 6.46. The van der Waals surface area contributed by atoms with Crippen molar-refractivity contribution in [1.29, 1.82) is 0 Å². The van der Waals surface area contributed by atoms with E-state index >= 15 is 0 Å². The number of rotatable bonds is 9. The molecule has 0 saturated carbocycles. The van der Waals surface area contributed by atoms with Crippen LogP contribution in [-0.2, 0) is 0 Å². The van der Waals surface area contributed by atoms with E-state index in [9.17, 15) is 9.59 Å². The van der Waals surface area contributed by atoms with E-state index < -0.39 is 6.03 Å². The van der Waals surface area contributed by atoms with Gasteiger partial charge in [-0.3, -0.25) is 4.79 Å². The Morgan fingerprint density at radius 1 is 0.865 bits per heavy atom. The molecule has 0 spiro atoms. The Hall–Kier alpha value is -4.04. The van der Waals surface area contributed by atoms with Crippen LogP contribution in [0.5, 0.6) is 17.2 Å². The fourth-order valence-electron chi connectivity index (χ4n) is 4.22. The molecule has 0 atom stereocenters. The predicted molar refractivity (Wildman–Crippen MR) is 146 cm³/mol. The maximum Gasteiger partial charge on any atom is 0.323 e. The third-order valence-corrected chi connectivity index (χ3v) is 6.46. The number of ether oxygens (including phenoxy) is 2. The standard InChI is InChI=1S/C29H34N4O4/c1-20-10-12-23(18-21(20)2)37-27-13-11-22(28(34)30-14-17-33-15-6-7-16-33)19-25(27)32-29(35)31-24-8-4-5-9-26(24)36-3/h4-5,8-13,18-19H,6-7,14-17H2,1-3H3,(H,30,34)(H2,31,32,35). The van der Waals surface area contributed by atoms with Crippen LogP contribution in [0.4, 0.5) is 16.2 Å². The van der Waals surface area contributed by atoms with E-state index in [4.69, 9.17) is 9.47 Å². The normalized spacial score (nSPS) is 13.2. The Morgan fingerprint density at radius 3 is 2.38 bits per heavy atom. The first-order valence-corrected chi connectivity index (χ1v) is 12.5. The summed E-state index contributed by atoms with van der Waals surface area (Å²) >= 11 is 0. The van der Waals surface area contributed by atoms with Crippen LogP contribution in [0, 0.1) is 13.8 Å². The zero-order valence-corrected chi connectivity index (χ0v) is 21.6. The van der Waals surface area contributed by atoms with Crippen LogP contribution < -0.4 is 25.4 Å². The van der Waals surface area contributed by atoms with Crippen LogP contribution in [0.25, 0.3) is 0 Å². The van der Waals surface area contributed by atoms with Gasteiger partial charge in [-0.15, -0.1) is 0 Å². The molecule has 3 N–H and O–H groups in total. The Morgan fingerprint density at radius 2 is 1.62 bits per heavy atom. The van der Waals surface area contributed by atoms with Crippen molar-refractivity contribution < 1.29 is 19.1 Å². The second-order valence-corrected chi connectivity index (χ2v) is 9.14. The Labute approximate surface area is 218 Å². The molecule has 3 amide bonds. The number of hydrogen-bond donors (Lipinski definition) is 3. The van der Waals surface area contributed by atoms with Gasteiger partial charge in [-0.05, 0) is 93.4 Å². The first-order chi connectivity index (χ1) is 17.9. The minimum atomic E-state index is -0.485. The van der Waals surface area contributed by atoms with E-state index in [0.717, 1.165) is 30.8 Å². The highest BCUT2D eigenvalue weighted by molar-refractivity contribution is 6.03. The van der Waals surface area contributed by atoms with Crippen molar-refractivity contribution in [2.75, 3.05) is 43.9 Å². The minimum absolute atomic E-state index is 0.204. The number of benzene rings is 3. The summed E-state index contributed by atoms with van der Waals surface area (Å²) in [5, 5.41) is 8.61. The maximum atomic E-state index is 12.9. The van der Waals surface area contributed by atoms with Gasteiger partial charge in [0.05, 0.1) is 18.5 Å². The predicted octanol–water partition coefficient (Wildman–Crippen LogP) is 5.57. The average molecular weight is 503 g/mol. The summed E-state index contributed by atoms with van der Waals surface area (Å²) in [7, 11) is 1.54. The van der Waals surface area contributed by atoms with Crippen LogP contribution in [-0.4, -0.2) is 50.1 Å². The second kappa shape index (κ2) is 12.3. The van der Waals surface area contributed by atoms with Gasteiger partial charge >= 0.3 is 6.03 Å². The molecule has 194 valence electrons. The van der Waals surface area contributed by atoms with Crippen molar-refractivity contribution >= 4 is 23.3 Å². The van der Waals surface area contributed by atoms with Crippen LogP contribution in [0.15, 0.2) is 60.7 Å². The maximum absolute atomic E-state index is 12.9. The van der Waals surface area contributed by atoms with Gasteiger partial charge in [-0.25, -0.2) is 4.79 Å². The number of nitrogens with zero attached hydrogens (tertiary/aromatic N) is 1. The molecule has 0 aliphatic carbocycles. The van der Waals surface area contributed by atoms with Crippen molar-refractivity contribution in [2.24, 2.45) is 0 Å². The van der Waals surface area contributed by atoms with Crippen LogP contribution in [0.1, 0.15) is 34.3 Å². The lowest BCUT2D eigenvalue weighted by atomic mass is 10.1. The van der Waals surface area contributed by atoms with Gasteiger partial charge in [0.25, 0.3) is 5.91 Å². The zero-order valence-electron chi connectivity index (χ0n) is 21.6. The van der Waals surface area contributed by atoms with E-state index in [1.807, 2.05) is 38.1 Å². The van der Waals surface area contributed by atoms with Crippen molar-refractivity contribution in [1.82, 2.24) is 10.2 Å². The molecule has 0 aromatic heterocycles. The quantitative estimate of drug-likeness (QED) is 0.356. The number of anilines is 2. The van der Waals surface area contributed by atoms with Crippen molar-refractivity contribution in [3.05, 3.63) is 77.4 Å². The Bertz CT molecular complexity index is 1250. The van der Waals surface area contributed by atoms with E-state index in [1.165, 1.54) is 12.8 Å². The number of carbonyl (C=O) groups excluding carboxylic acids is 2. The van der Waals surface area contributed by atoms with Crippen LogP contribution in [0.3, 0.4) is 0 Å². The number of urea groups is 1. The lowest BCUT2D eigenvalue weighted by Gasteiger charge is -2.17. The second-order valence-electron chi connectivity index (χ2n) is 9.14. The molecule has 0 unspecified atom stereocenters. The van der Waals surface area contributed by atoms with Gasteiger partial charge in [0, 0.05) is 18.7 Å². The van der Waals surface area contributed by atoms with E-state index in [0.29, 0.717) is 40.7 Å².